The maximum atomic E-state index is 14.9. The van der Waals surface area contributed by atoms with E-state index in [1.807, 2.05) is 43.0 Å². The minimum atomic E-state index is -0.424. The third kappa shape index (κ3) is 3.80. The van der Waals surface area contributed by atoms with Gasteiger partial charge in [0.2, 0.25) is 0 Å². The highest BCUT2D eigenvalue weighted by Crippen LogP contribution is 2.28. The number of benzene rings is 2. The fourth-order valence-electron chi connectivity index (χ4n) is 3.65. The molecule has 4 rings (SSSR count). The van der Waals surface area contributed by atoms with Crippen LogP contribution in [-0.2, 0) is 4.74 Å². The summed E-state index contributed by atoms with van der Waals surface area (Å²) in [6.07, 6.45) is 0.665. The number of morpholine rings is 1. The van der Waals surface area contributed by atoms with Crippen molar-refractivity contribution in [1.29, 1.82) is 0 Å². The van der Waals surface area contributed by atoms with Crippen LogP contribution in [0.3, 0.4) is 0 Å². The average Bonchev–Trinajstić information content (AvgIpc) is 3.08. The van der Waals surface area contributed by atoms with Gasteiger partial charge in [0.1, 0.15) is 5.82 Å². The molecule has 0 radical (unpaired) electrons. The Kier molecular flexibility index (Phi) is 5.17. The fourth-order valence-corrected chi connectivity index (χ4v) is 4.57. The van der Waals surface area contributed by atoms with Crippen LogP contribution >= 0.6 is 11.3 Å². The van der Waals surface area contributed by atoms with Gasteiger partial charge in [0.05, 0.1) is 22.8 Å². The third-order valence-electron chi connectivity index (χ3n) is 4.71. The van der Waals surface area contributed by atoms with Crippen LogP contribution in [0.15, 0.2) is 42.5 Å². The van der Waals surface area contributed by atoms with Gasteiger partial charge in [-0.3, -0.25) is 4.79 Å². The molecule has 1 fully saturated rings. The summed E-state index contributed by atoms with van der Waals surface area (Å²) in [6, 6.07) is 13.2. The summed E-state index contributed by atoms with van der Waals surface area (Å²) in [7, 11) is 0. The van der Waals surface area contributed by atoms with Crippen LogP contribution in [0.4, 0.5) is 10.1 Å². The van der Waals surface area contributed by atoms with E-state index in [1.165, 1.54) is 6.07 Å². The summed E-state index contributed by atoms with van der Waals surface area (Å²) in [4.78, 5) is 14.5. The summed E-state index contributed by atoms with van der Waals surface area (Å²) >= 11 is 1.60. The fraction of sp³-hybridized carbons (Fsp3) is 0.261. The molecular formula is C23H20FNO2S. The van der Waals surface area contributed by atoms with Crippen LogP contribution in [0, 0.1) is 17.7 Å². The Labute approximate surface area is 167 Å². The maximum Gasteiger partial charge on any atom is 0.152 e. The second-order valence-electron chi connectivity index (χ2n) is 7.07. The largest absolute Gasteiger partial charge is 0.372 e. The summed E-state index contributed by atoms with van der Waals surface area (Å²) in [5, 5.41) is 1.14. The number of hydrogen-bond acceptors (Lipinski definition) is 4. The molecule has 3 aromatic rings. The van der Waals surface area contributed by atoms with Crippen molar-refractivity contribution in [2.75, 3.05) is 18.0 Å². The smallest absolute Gasteiger partial charge is 0.152 e. The Morgan fingerprint density at radius 3 is 2.61 bits per heavy atom. The number of thiophene rings is 1. The second-order valence-corrected chi connectivity index (χ2v) is 8.16. The molecule has 0 aliphatic carbocycles. The highest BCUT2D eigenvalue weighted by atomic mass is 32.1. The number of rotatable bonds is 2. The molecule has 3 nitrogen and oxygen atoms in total. The SMILES string of the molecule is C[C@@H]1CN(c2c(F)cc(C#Cc3cc4ccccc4s3)cc2C=O)C[C@H](C)O1. The first kappa shape index (κ1) is 18.7. The number of hydrogen-bond donors (Lipinski definition) is 0. The third-order valence-corrected chi connectivity index (χ3v) is 5.74. The highest BCUT2D eigenvalue weighted by molar-refractivity contribution is 7.19. The van der Waals surface area contributed by atoms with Gasteiger partial charge in [-0.15, -0.1) is 11.3 Å². The highest BCUT2D eigenvalue weighted by Gasteiger charge is 2.26. The molecule has 0 saturated carbocycles. The van der Waals surface area contributed by atoms with E-state index in [4.69, 9.17) is 4.74 Å². The van der Waals surface area contributed by atoms with Gasteiger partial charge in [-0.1, -0.05) is 30.0 Å². The summed E-state index contributed by atoms with van der Waals surface area (Å²) < 4.78 is 21.8. The zero-order valence-electron chi connectivity index (χ0n) is 15.7. The zero-order chi connectivity index (χ0) is 19.7. The standard InChI is InChI=1S/C23H20FNO2S/c1-15-12-25(13-16(2)27-15)23-19(14-26)9-17(10-21(23)24)7-8-20-11-18-5-3-4-6-22(18)28-20/h3-6,9-11,14-16H,12-13H2,1-2H3/t15-,16+. The molecule has 0 amide bonds. The first-order valence-electron chi connectivity index (χ1n) is 9.23. The molecule has 0 bridgehead atoms. The number of anilines is 1. The Morgan fingerprint density at radius 2 is 1.89 bits per heavy atom. The predicted octanol–water partition coefficient (Wildman–Crippen LogP) is 4.87. The van der Waals surface area contributed by atoms with Gasteiger partial charge in [0.25, 0.3) is 0 Å². The Balaban J connectivity index is 1.67. The first-order valence-corrected chi connectivity index (χ1v) is 10.0. The molecule has 0 unspecified atom stereocenters. The van der Waals surface area contributed by atoms with E-state index in [9.17, 15) is 9.18 Å². The van der Waals surface area contributed by atoms with Crippen molar-refractivity contribution in [3.05, 3.63) is 64.3 Å². The molecule has 0 spiro atoms. The van der Waals surface area contributed by atoms with E-state index in [-0.39, 0.29) is 12.2 Å². The van der Waals surface area contributed by atoms with Crippen LogP contribution in [-0.4, -0.2) is 31.6 Å². The van der Waals surface area contributed by atoms with E-state index >= 15 is 0 Å². The molecule has 1 saturated heterocycles. The summed E-state index contributed by atoms with van der Waals surface area (Å²) in [6.45, 7) is 5.00. The average molecular weight is 393 g/mol. The molecule has 2 aromatic carbocycles. The van der Waals surface area contributed by atoms with Crippen molar-refractivity contribution in [3.63, 3.8) is 0 Å². The van der Waals surface area contributed by atoms with Crippen molar-refractivity contribution in [1.82, 2.24) is 0 Å². The number of halogens is 1. The van der Waals surface area contributed by atoms with E-state index in [1.54, 1.807) is 17.4 Å². The van der Waals surface area contributed by atoms with Gasteiger partial charge in [-0.2, -0.15) is 0 Å². The van der Waals surface area contributed by atoms with Crippen LogP contribution in [0.1, 0.15) is 34.6 Å². The van der Waals surface area contributed by atoms with Gasteiger partial charge >= 0.3 is 0 Å². The molecule has 28 heavy (non-hydrogen) atoms. The second kappa shape index (κ2) is 7.75. The minimum absolute atomic E-state index is 0.0184. The monoisotopic (exact) mass is 393 g/mol. The van der Waals surface area contributed by atoms with Crippen molar-refractivity contribution in [3.8, 4) is 11.8 Å². The van der Waals surface area contributed by atoms with E-state index in [2.05, 4.69) is 17.9 Å². The van der Waals surface area contributed by atoms with Crippen molar-refractivity contribution in [2.45, 2.75) is 26.1 Å². The lowest BCUT2D eigenvalue weighted by atomic mass is 10.1. The Hall–Kier alpha value is -2.68. The zero-order valence-corrected chi connectivity index (χ0v) is 16.6. The van der Waals surface area contributed by atoms with Gasteiger partial charge in [-0.05, 0) is 43.5 Å². The molecule has 142 valence electrons. The topological polar surface area (TPSA) is 29.5 Å². The molecule has 5 heteroatoms. The van der Waals surface area contributed by atoms with E-state index in [0.717, 1.165) is 15.0 Å². The molecule has 2 heterocycles. The lowest BCUT2D eigenvalue weighted by Gasteiger charge is -2.37. The molecule has 1 aliphatic heterocycles. The van der Waals surface area contributed by atoms with Crippen LogP contribution in [0.5, 0.6) is 0 Å². The maximum absolute atomic E-state index is 14.9. The molecule has 1 aliphatic rings. The molecular weight excluding hydrogens is 373 g/mol. The quantitative estimate of drug-likeness (QED) is 0.460. The number of carbonyl (C=O) groups is 1. The van der Waals surface area contributed by atoms with Crippen LogP contribution in [0.25, 0.3) is 10.1 Å². The van der Waals surface area contributed by atoms with Gasteiger partial charge in [0, 0.05) is 28.9 Å². The molecule has 1 aromatic heterocycles. The molecule has 0 N–H and O–H groups in total. The van der Waals surface area contributed by atoms with E-state index < -0.39 is 5.82 Å². The number of nitrogens with zero attached hydrogens (tertiary/aromatic N) is 1. The van der Waals surface area contributed by atoms with Crippen LogP contribution in [0.2, 0.25) is 0 Å². The summed E-state index contributed by atoms with van der Waals surface area (Å²) in [5.41, 5.74) is 1.15. The predicted molar refractivity (Wildman–Crippen MR) is 112 cm³/mol. The molecule has 2 atom stereocenters. The first-order chi connectivity index (χ1) is 13.5. The lowest BCUT2D eigenvalue weighted by molar-refractivity contribution is -0.00543. The Morgan fingerprint density at radius 1 is 1.14 bits per heavy atom. The van der Waals surface area contributed by atoms with Gasteiger partial charge < -0.3 is 9.64 Å². The van der Waals surface area contributed by atoms with Crippen molar-refractivity contribution >= 4 is 33.4 Å². The number of ether oxygens (including phenoxy) is 1. The van der Waals surface area contributed by atoms with Crippen molar-refractivity contribution in [2.24, 2.45) is 0 Å². The number of aldehydes is 1. The van der Waals surface area contributed by atoms with Crippen molar-refractivity contribution < 1.29 is 13.9 Å². The number of carbonyl (C=O) groups excluding carboxylic acids is 1. The Bertz CT molecular complexity index is 1050. The van der Waals surface area contributed by atoms with Gasteiger partial charge in [-0.25, -0.2) is 4.39 Å². The van der Waals surface area contributed by atoms with E-state index in [0.29, 0.717) is 36.2 Å². The minimum Gasteiger partial charge on any atom is -0.372 e. The number of fused-ring (bicyclic) bond motifs is 1. The summed E-state index contributed by atoms with van der Waals surface area (Å²) in [5.74, 6) is 5.67. The lowest BCUT2D eigenvalue weighted by Crippen LogP contribution is -2.46. The normalized spacial score (nSPS) is 19.3. The van der Waals surface area contributed by atoms with Gasteiger partial charge in [0.15, 0.2) is 6.29 Å². The van der Waals surface area contributed by atoms with Crippen LogP contribution < -0.4 is 4.90 Å².